The Bertz CT molecular complexity index is 447. The van der Waals surface area contributed by atoms with E-state index in [2.05, 4.69) is 19.6 Å². The third-order valence-corrected chi connectivity index (χ3v) is 10.6. The van der Waals surface area contributed by atoms with Crippen molar-refractivity contribution < 1.29 is 0 Å². The quantitative estimate of drug-likeness (QED) is 0.186. The van der Waals surface area contributed by atoms with E-state index in [0.717, 1.165) is 5.75 Å². The molecule has 35 heavy (non-hydrogen) atoms. The molecule has 0 bridgehead atoms. The maximum atomic E-state index is 4.45. The second-order valence-corrected chi connectivity index (χ2v) is 13.4. The first-order valence-electron chi connectivity index (χ1n) is 16.9. The molecule has 0 heterocycles. The normalized spacial score (nSPS) is 22.8. The molecule has 2 aliphatic carbocycles. The predicted octanol–water partition coefficient (Wildman–Crippen LogP) is 12.6. The van der Waals surface area contributed by atoms with E-state index in [-0.39, 0.29) is 0 Å². The monoisotopic (exact) mass is 506 g/mol. The molecule has 208 valence electrons. The molecule has 1 heteroatoms. The molecule has 0 amide bonds. The lowest BCUT2D eigenvalue weighted by Gasteiger charge is -2.54. The van der Waals surface area contributed by atoms with Gasteiger partial charge >= 0.3 is 0 Å². The van der Waals surface area contributed by atoms with E-state index in [1.54, 1.807) is 38.5 Å². The van der Waals surface area contributed by atoms with Crippen LogP contribution in [0, 0.1) is 10.8 Å². The van der Waals surface area contributed by atoms with Crippen molar-refractivity contribution in [2.75, 3.05) is 5.75 Å². The van der Waals surface area contributed by atoms with Crippen molar-refractivity contribution in [3.63, 3.8) is 0 Å². The second-order valence-electron chi connectivity index (χ2n) is 12.9. The molecule has 0 radical (unpaired) electrons. The van der Waals surface area contributed by atoms with Crippen LogP contribution < -0.4 is 0 Å². The fourth-order valence-electron chi connectivity index (χ4n) is 8.13. The summed E-state index contributed by atoms with van der Waals surface area (Å²) in [5, 5.41) is 0. The van der Waals surface area contributed by atoms with E-state index in [4.69, 9.17) is 0 Å². The second kappa shape index (κ2) is 20.3. The highest BCUT2D eigenvalue weighted by molar-refractivity contribution is 7.80. The van der Waals surface area contributed by atoms with Gasteiger partial charge in [-0.25, -0.2) is 0 Å². The maximum absolute atomic E-state index is 4.45. The summed E-state index contributed by atoms with van der Waals surface area (Å²) < 4.78 is 0. The minimum atomic E-state index is 0.647. The molecule has 0 nitrogen and oxygen atoms in total. The van der Waals surface area contributed by atoms with E-state index in [9.17, 15) is 0 Å². The summed E-state index contributed by atoms with van der Waals surface area (Å²) in [7, 11) is 0. The van der Waals surface area contributed by atoms with Crippen molar-refractivity contribution in [3.8, 4) is 0 Å². The Morgan fingerprint density at radius 1 is 0.400 bits per heavy atom. The Balaban J connectivity index is 2.28. The minimum Gasteiger partial charge on any atom is -0.179 e. The van der Waals surface area contributed by atoms with Gasteiger partial charge in [-0.2, -0.15) is 12.6 Å². The highest BCUT2D eigenvalue weighted by Crippen LogP contribution is 2.59. The molecule has 0 aliphatic heterocycles. The van der Waals surface area contributed by atoms with E-state index >= 15 is 0 Å². The third-order valence-electron chi connectivity index (χ3n) is 10.3. The van der Waals surface area contributed by atoms with Gasteiger partial charge in [0.05, 0.1) is 0 Å². The zero-order valence-electron chi connectivity index (χ0n) is 24.4. The van der Waals surface area contributed by atoms with Crippen LogP contribution in [0.3, 0.4) is 0 Å². The Hall–Kier alpha value is 0.350. The number of rotatable bonds is 13. The Morgan fingerprint density at radius 3 is 1.09 bits per heavy atom. The van der Waals surface area contributed by atoms with Gasteiger partial charge in [-0.3, -0.25) is 0 Å². The van der Waals surface area contributed by atoms with E-state index in [1.165, 1.54) is 154 Å². The summed E-state index contributed by atoms with van der Waals surface area (Å²) in [5.41, 5.74) is 1.30. The fourth-order valence-corrected chi connectivity index (χ4v) is 8.36. The van der Waals surface area contributed by atoms with Gasteiger partial charge in [0.15, 0.2) is 0 Å². The largest absolute Gasteiger partial charge is 0.179 e. The van der Waals surface area contributed by atoms with Crippen LogP contribution in [-0.4, -0.2) is 5.75 Å². The summed E-state index contributed by atoms with van der Waals surface area (Å²) in [6, 6.07) is 0. The molecule has 0 unspecified atom stereocenters. The first-order chi connectivity index (χ1) is 17.3. The van der Waals surface area contributed by atoms with Crippen LogP contribution in [0.1, 0.15) is 200 Å². The minimum absolute atomic E-state index is 0.647. The molecule has 0 atom stereocenters. The van der Waals surface area contributed by atoms with Gasteiger partial charge < -0.3 is 0 Å². The molecule has 0 saturated heterocycles. The van der Waals surface area contributed by atoms with Crippen LogP contribution in [0.5, 0.6) is 0 Å². The van der Waals surface area contributed by atoms with Gasteiger partial charge in [-0.05, 0) is 61.5 Å². The number of thiol groups is 1. The Morgan fingerprint density at radius 2 is 0.714 bits per heavy atom. The van der Waals surface area contributed by atoms with Crippen molar-refractivity contribution in [3.05, 3.63) is 0 Å². The maximum Gasteiger partial charge on any atom is -0.00979 e. The van der Waals surface area contributed by atoms with Crippen molar-refractivity contribution in [1.29, 1.82) is 0 Å². The summed E-state index contributed by atoms with van der Waals surface area (Å²) in [6.07, 6.45) is 45.0. The Kier molecular flexibility index (Phi) is 18.3. The average Bonchev–Trinajstić information content (AvgIpc) is 2.93. The molecule has 0 aromatic rings. The van der Waals surface area contributed by atoms with Crippen LogP contribution in [0.25, 0.3) is 0 Å². The smallest absolute Gasteiger partial charge is 0.00979 e. The van der Waals surface area contributed by atoms with Gasteiger partial charge in [0, 0.05) is 0 Å². The highest BCUT2D eigenvalue weighted by Gasteiger charge is 2.48. The van der Waals surface area contributed by atoms with Crippen LogP contribution >= 0.6 is 12.6 Å². The Labute approximate surface area is 228 Å². The number of hydrogen-bond acceptors (Lipinski definition) is 1. The topological polar surface area (TPSA) is 0 Å². The van der Waals surface area contributed by atoms with Crippen LogP contribution in [0.4, 0.5) is 0 Å². The van der Waals surface area contributed by atoms with Crippen LogP contribution in [0.2, 0.25) is 0 Å². The lowest BCUT2D eigenvalue weighted by molar-refractivity contribution is -0.0313. The van der Waals surface area contributed by atoms with Crippen molar-refractivity contribution >= 4 is 12.6 Å². The van der Waals surface area contributed by atoms with Crippen LogP contribution in [-0.2, 0) is 0 Å². The van der Waals surface area contributed by atoms with Gasteiger partial charge in [-0.1, -0.05) is 155 Å². The van der Waals surface area contributed by atoms with Crippen molar-refractivity contribution in [1.82, 2.24) is 0 Å². The zero-order valence-corrected chi connectivity index (χ0v) is 25.3. The number of unbranched alkanes of at least 4 members (excludes halogenated alkanes) is 7. The van der Waals surface area contributed by atoms with Gasteiger partial charge in [0.25, 0.3) is 0 Å². The van der Waals surface area contributed by atoms with E-state index in [0.29, 0.717) is 10.8 Å². The fraction of sp³-hybridized carbons (Fsp3) is 1.00. The molecule has 0 spiro atoms. The summed E-state index contributed by atoms with van der Waals surface area (Å²) in [5.74, 6) is 1.07. The van der Waals surface area contributed by atoms with Gasteiger partial charge in [0.1, 0.15) is 0 Å². The lowest BCUT2D eigenvalue weighted by Crippen LogP contribution is -2.43. The predicted molar refractivity (Wildman–Crippen MR) is 163 cm³/mol. The molecule has 2 saturated carbocycles. The lowest BCUT2D eigenvalue weighted by atomic mass is 9.51. The third kappa shape index (κ3) is 12.2. The molecule has 0 aromatic heterocycles. The molecule has 2 aliphatic rings. The summed E-state index contributed by atoms with van der Waals surface area (Å²) in [6.45, 7) is 2.39. The van der Waals surface area contributed by atoms with Crippen LogP contribution in [0.15, 0.2) is 0 Å². The zero-order chi connectivity index (χ0) is 24.9. The standard InChI is InChI=1S/C34H66S/c1-2-3-4-19-26-33(27-20-13-8-5-6-9-14-21-28-33)34(31-24-17-12-18-25-32-35)29-22-15-10-7-11-16-23-30-34/h35H,2-32H2,1H3. The molecule has 2 fully saturated rings. The van der Waals surface area contributed by atoms with E-state index < -0.39 is 0 Å². The molecule has 0 aromatic carbocycles. The average molecular weight is 507 g/mol. The first kappa shape index (κ1) is 31.6. The molecule has 0 N–H and O–H groups in total. The summed E-state index contributed by atoms with van der Waals surface area (Å²) in [4.78, 5) is 0. The van der Waals surface area contributed by atoms with Crippen molar-refractivity contribution in [2.45, 2.75) is 200 Å². The molecule has 2 rings (SSSR count). The van der Waals surface area contributed by atoms with Crippen molar-refractivity contribution in [2.24, 2.45) is 10.8 Å². The number of hydrogen-bond donors (Lipinski definition) is 1. The first-order valence-corrected chi connectivity index (χ1v) is 17.5. The van der Waals surface area contributed by atoms with Gasteiger partial charge in [0.2, 0.25) is 0 Å². The SMILES string of the molecule is CCCCCCC1(C2(CCCCCCCS)CCCCCCCCC2)CCCCCCCCCC1. The van der Waals surface area contributed by atoms with Gasteiger partial charge in [-0.15, -0.1) is 0 Å². The molecular formula is C34H66S. The summed E-state index contributed by atoms with van der Waals surface area (Å²) >= 11 is 4.45. The van der Waals surface area contributed by atoms with E-state index in [1.807, 2.05) is 0 Å². The highest BCUT2D eigenvalue weighted by atomic mass is 32.1. The molecular weight excluding hydrogens is 440 g/mol.